The van der Waals surface area contributed by atoms with Crippen LogP contribution in [-0.4, -0.2) is 10.2 Å². The molecule has 3 rings (SSSR count). The third-order valence-electron chi connectivity index (χ3n) is 3.99. The summed E-state index contributed by atoms with van der Waals surface area (Å²) in [5.74, 6) is 0. The molecule has 0 spiro atoms. The van der Waals surface area contributed by atoms with Crippen LogP contribution < -0.4 is 21.3 Å². The van der Waals surface area contributed by atoms with Gasteiger partial charge in [0, 0.05) is 24.5 Å². The van der Waals surface area contributed by atoms with Crippen molar-refractivity contribution in [2.45, 2.75) is 13.1 Å². The predicted molar refractivity (Wildman–Crippen MR) is 125 cm³/mol. The van der Waals surface area contributed by atoms with Gasteiger partial charge in [0.05, 0.1) is 0 Å². The molecule has 28 heavy (non-hydrogen) atoms. The van der Waals surface area contributed by atoms with Gasteiger partial charge in [-0.05, 0) is 59.8 Å². The topological polar surface area (TPSA) is 48.1 Å². The number of nitrogens with one attached hydrogen (secondary N) is 4. The average molecular weight is 407 g/mol. The Morgan fingerprint density at radius 1 is 0.536 bits per heavy atom. The number of anilines is 2. The van der Waals surface area contributed by atoms with Crippen molar-refractivity contribution in [3.63, 3.8) is 0 Å². The lowest BCUT2D eigenvalue weighted by Gasteiger charge is -2.13. The van der Waals surface area contributed by atoms with Gasteiger partial charge in [-0.25, -0.2) is 0 Å². The summed E-state index contributed by atoms with van der Waals surface area (Å²) in [5.41, 5.74) is 4.20. The van der Waals surface area contributed by atoms with E-state index in [0.29, 0.717) is 23.3 Å². The van der Waals surface area contributed by atoms with Crippen LogP contribution in [0.4, 0.5) is 11.4 Å². The van der Waals surface area contributed by atoms with Crippen molar-refractivity contribution < 1.29 is 0 Å². The maximum absolute atomic E-state index is 5.35. The van der Waals surface area contributed by atoms with Crippen molar-refractivity contribution in [2.24, 2.45) is 0 Å². The second-order valence-corrected chi connectivity index (χ2v) is 6.98. The van der Waals surface area contributed by atoms with Gasteiger partial charge < -0.3 is 21.3 Å². The summed E-state index contributed by atoms with van der Waals surface area (Å²) in [6.07, 6.45) is 0. The summed E-state index contributed by atoms with van der Waals surface area (Å²) in [6, 6.07) is 28.1. The van der Waals surface area contributed by atoms with Gasteiger partial charge >= 0.3 is 0 Å². The minimum Gasteiger partial charge on any atom is -0.358 e. The molecular weight excluding hydrogens is 384 g/mol. The molecule has 0 unspecified atom stereocenters. The molecule has 0 heterocycles. The third-order valence-corrected chi connectivity index (χ3v) is 4.49. The summed E-state index contributed by atoms with van der Waals surface area (Å²) >= 11 is 10.7. The van der Waals surface area contributed by atoms with E-state index in [2.05, 4.69) is 45.5 Å². The van der Waals surface area contributed by atoms with Crippen LogP contribution in [0.15, 0.2) is 84.9 Å². The van der Waals surface area contributed by atoms with Crippen LogP contribution in [0, 0.1) is 0 Å². The molecule has 0 bridgehead atoms. The molecule has 0 fully saturated rings. The van der Waals surface area contributed by atoms with Gasteiger partial charge in [0.2, 0.25) is 0 Å². The van der Waals surface area contributed by atoms with Crippen molar-refractivity contribution in [3.8, 4) is 0 Å². The van der Waals surface area contributed by atoms with Crippen molar-refractivity contribution in [2.75, 3.05) is 10.6 Å². The van der Waals surface area contributed by atoms with E-state index in [-0.39, 0.29) is 0 Å². The maximum Gasteiger partial charge on any atom is 0.171 e. The Kier molecular flexibility index (Phi) is 7.35. The van der Waals surface area contributed by atoms with Gasteiger partial charge in [-0.1, -0.05) is 60.7 Å². The van der Waals surface area contributed by atoms with E-state index in [1.807, 2.05) is 60.7 Å². The van der Waals surface area contributed by atoms with E-state index in [1.165, 1.54) is 11.1 Å². The highest BCUT2D eigenvalue weighted by atomic mass is 32.1. The summed E-state index contributed by atoms with van der Waals surface area (Å²) in [5, 5.41) is 13.9. The lowest BCUT2D eigenvalue weighted by atomic mass is 10.2. The van der Waals surface area contributed by atoms with Crippen LogP contribution >= 0.6 is 24.4 Å². The number of rotatable bonds is 6. The maximum atomic E-state index is 5.35. The smallest absolute Gasteiger partial charge is 0.171 e. The fraction of sp³-hybridized carbons (Fsp3) is 0.0909. The highest BCUT2D eigenvalue weighted by molar-refractivity contribution is 7.80. The molecule has 0 aliphatic heterocycles. The molecule has 0 saturated heterocycles. The Morgan fingerprint density at radius 3 is 1.25 bits per heavy atom. The number of thiocarbonyl (C=S) groups is 2. The number of benzene rings is 3. The second-order valence-electron chi connectivity index (χ2n) is 6.16. The van der Waals surface area contributed by atoms with Gasteiger partial charge in [0.25, 0.3) is 0 Å². The molecular formula is C22H22N4S2. The fourth-order valence-electron chi connectivity index (χ4n) is 2.54. The molecule has 3 aromatic rings. The third kappa shape index (κ3) is 6.64. The molecule has 0 saturated carbocycles. The second kappa shape index (κ2) is 10.4. The zero-order chi connectivity index (χ0) is 19.6. The highest BCUT2D eigenvalue weighted by Crippen LogP contribution is 2.13. The fourth-order valence-corrected chi connectivity index (χ4v) is 2.92. The number of hydrogen-bond acceptors (Lipinski definition) is 2. The van der Waals surface area contributed by atoms with Crippen molar-refractivity contribution >= 4 is 46.0 Å². The first-order chi connectivity index (χ1) is 13.7. The SMILES string of the molecule is S=C(NCc1ccccc1)Nc1ccc(NC(=S)NCc2ccccc2)cc1. The van der Waals surface area contributed by atoms with Crippen molar-refractivity contribution in [1.82, 2.24) is 10.6 Å². The minimum atomic E-state index is 0.588. The quantitative estimate of drug-likeness (QED) is 0.447. The van der Waals surface area contributed by atoms with E-state index < -0.39 is 0 Å². The number of hydrogen-bond donors (Lipinski definition) is 4. The predicted octanol–water partition coefficient (Wildman–Crippen LogP) is 4.66. The van der Waals surface area contributed by atoms with Crippen molar-refractivity contribution in [3.05, 3.63) is 96.1 Å². The van der Waals surface area contributed by atoms with Gasteiger partial charge in [-0.15, -0.1) is 0 Å². The first-order valence-corrected chi connectivity index (χ1v) is 9.78. The van der Waals surface area contributed by atoms with E-state index in [0.717, 1.165) is 11.4 Å². The first-order valence-electron chi connectivity index (χ1n) is 8.97. The van der Waals surface area contributed by atoms with Gasteiger partial charge in [-0.3, -0.25) is 0 Å². The van der Waals surface area contributed by atoms with Crippen LogP contribution in [0.5, 0.6) is 0 Å². The highest BCUT2D eigenvalue weighted by Gasteiger charge is 2.01. The first kappa shape index (κ1) is 19.8. The van der Waals surface area contributed by atoms with Gasteiger partial charge in [-0.2, -0.15) is 0 Å². The molecule has 0 amide bonds. The Balaban J connectivity index is 1.42. The zero-order valence-electron chi connectivity index (χ0n) is 15.3. The van der Waals surface area contributed by atoms with Crippen LogP contribution in [0.25, 0.3) is 0 Å². The Bertz CT molecular complexity index is 820. The lowest BCUT2D eigenvalue weighted by molar-refractivity contribution is 0.925. The average Bonchev–Trinajstić information content (AvgIpc) is 2.74. The molecule has 142 valence electrons. The van der Waals surface area contributed by atoms with Crippen LogP contribution in [0.3, 0.4) is 0 Å². The summed E-state index contributed by atoms with van der Waals surface area (Å²) in [4.78, 5) is 0. The van der Waals surface area contributed by atoms with Crippen molar-refractivity contribution in [1.29, 1.82) is 0 Å². The molecule has 0 aliphatic carbocycles. The zero-order valence-corrected chi connectivity index (χ0v) is 16.9. The van der Waals surface area contributed by atoms with E-state index >= 15 is 0 Å². The molecule has 0 atom stereocenters. The largest absolute Gasteiger partial charge is 0.358 e. The molecule has 0 radical (unpaired) electrons. The van der Waals surface area contributed by atoms with Gasteiger partial charge in [0.1, 0.15) is 0 Å². The molecule has 6 heteroatoms. The van der Waals surface area contributed by atoms with Crippen LogP contribution in [0.1, 0.15) is 11.1 Å². The van der Waals surface area contributed by atoms with Crippen LogP contribution in [-0.2, 0) is 13.1 Å². The standard InChI is InChI=1S/C22H22N4S2/c27-21(23-15-17-7-3-1-4-8-17)25-19-11-13-20(14-12-19)26-22(28)24-16-18-9-5-2-6-10-18/h1-14H,15-16H2,(H2,23,25,27)(H2,24,26,28). The lowest BCUT2D eigenvalue weighted by Crippen LogP contribution is -2.28. The molecule has 0 aliphatic rings. The molecule has 4 N–H and O–H groups in total. The molecule has 3 aromatic carbocycles. The minimum absolute atomic E-state index is 0.588. The van der Waals surface area contributed by atoms with E-state index in [9.17, 15) is 0 Å². The summed E-state index contributed by atoms with van der Waals surface area (Å²) in [6.45, 7) is 1.38. The normalized spacial score (nSPS) is 10.0. The van der Waals surface area contributed by atoms with Crippen LogP contribution in [0.2, 0.25) is 0 Å². The summed E-state index contributed by atoms with van der Waals surface area (Å²) < 4.78 is 0. The monoisotopic (exact) mass is 406 g/mol. The Hall–Kier alpha value is -2.96. The van der Waals surface area contributed by atoms with E-state index in [1.54, 1.807) is 0 Å². The van der Waals surface area contributed by atoms with E-state index in [4.69, 9.17) is 24.4 Å². The molecule has 4 nitrogen and oxygen atoms in total. The van der Waals surface area contributed by atoms with Gasteiger partial charge in [0.15, 0.2) is 10.2 Å². The molecule has 0 aromatic heterocycles. The Labute approximate surface area is 176 Å². The summed E-state index contributed by atoms with van der Waals surface area (Å²) in [7, 11) is 0. The Morgan fingerprint density at radius 2 is 0.893 bits per heavy atom.